The Kier molecular flexibility index (Phi) is 9.88. The summed E-state index contributed by atoms with van der Waals surface area (Å²) in [5.41, 5.74) is 6.53. The van der Waals surface area contributed by atoms with E-state index < -0.39 is 29.5 Å². The van der Waals surface area contributed by atoms with Gasteiger partial charge in [-0.25, -0.2) is 9.59 Å². The molecule has 3 atom stereocenters. The molecule has 4 aliphatic heterocycles. The molecule has 4 aromatic rings. The van der Waals surface area contributed by atoms with Crippen LogP contribution in [0.2, 0.25) is 0 Å². The van der Waals surface area contributed by atoms with Crippen molar-refractivity contribution in [3.05, 3.63) is 68.7 Å². The summed E-state index contributed by atoms with van der Waals surface area (Å²) in [4.78, 5) is 57.1. The van der Waals surface area contributed by atoms with Gasteiger partial charge in [0.05, 0.1) is 34.0 Å². The molecule has 54 heavy (non-hydrogen) atoms. The number of nitrogens with two attached hydrogens (primary N) is 1. The van der Waals surface area contributed by atoms with Gasteiger partial charge in [0.15, 0.2) is 0 Å². The molecule has 2 aromatic heterocycles. The number of fused-ring (bicyclic) bond motifs is 5. The van der Waals surface area contributed by atoms with E-state index in [2.05, 4.69) is 48.1 Å². The number of hydrogen-bond acceptors (Lipinski definition) is 7. The Labute approximate surface area is 318 Å². The van der Waals surface area contributed by atoms with Crippen LogP contribution in [0.1, 0.15) is 55.7 Å². The zero-order valence-electron chi connectivity index (χ0n) is 30.1. The van der Waals surface area contributed by atoms with Crippen LogP contribution in [0.25, 0.3) is 21.9 Å². The number of pyridine rings is 1. The molecule has 3 amide bonds. The first-order valence-electron chi connectivity index (χ1n) is 18.8. The molecule has 4 fully saturated rings. The minimum atomic E-state index is -4.70. The molecule has 0 spiro atoms. The molecule has 4 N–H and O–H groups in total. The molecule has 12 nitrogen and oxygen atoms in total. The Hall–Kier alpha value is -4.15. The first-order valence-corrected chi connectivity index (χ1v) is 19.6. The lowest BCUT2D eigenvalue weighted by Gasteiger charge is -2.45. The van der Waals surface area contributed by atoms with Gasteiger partial charge in [0.2, 0.25) is 5.91 Å². The molecule has 0 saturated carbocycles. The number of piperidine rings is 2. The third kappa shape index (κ3) is 6.96. The number of imidazole rings is 1. The van der Waals surface area contributed by atoms with Gasteiger partial charge in [0, 0.05) is 79.7 Å². The number of likely N-dealkylation sites (tertiary alicyclic amines) is 1. The summed E-state index contributed by atoms with van der Waals surface area (Å²) < 4.78 is 43.6. The van der Waals surface area contributed by atoms with Crippen LogP contribution in [-0.4, -0.2) is 117 Å². The zero-order valence-corrected chi connectivity index (χ0v) is 31.7. The van der Waals surface area contributed by atoms with Crippen molar-refractivity contribution in [1.29, 1.82) is 0 Å². The summed E-state index contributed by atoms with van der Waals surface area (Å²) in [6.07, 6.45) is 2.52. The van der Waals surface area contributed by atoms with Crippen molar-refractivity contribution in [2.75, 3.05) is 52.0 Å². The number of nitrogens with zero attached hydrogens (tertiary/aromatic N) is 6. The number of anilines is 1. The number of halogens is 4. The normalized spacial score (nSPS) is 23.7. The fraction of sp³-hybridized carbons (Fsp3) is 0.526. The van der Waals surface area contributed by atoms with Crippen molar-refractivity contribution in [2.45, 2.75) is 81.3 Å². The number of urea groups is 1. The van der Waals surface area contributed by atoms with Gasteiger partial charge in [0.25, 0.3) is 0 Å². The van der Waals surface area contributed by atoms with Crippen molar-refractivity contribution in [3.8, 4) is 0 Å². The van der Waals surface area contributed by atoms with Gasteiger partial charge in [-0.2, -0.15) is 13.2 Å². The number of benzene rings is 2. The van der Waals surface area contributed by atoms with Crippen molar-refractivity contribution >= 4 is 55.5 Å². The number of H-pyrrole nitrogens is 1. The van der Waals surface area contributed by atoms with Crippen LogP contribution in [0.3, 0.4) is 0 Å². The summed E-state index contributed by atoms with van der Waals surface area (Å²) in [7, 11) is 2.22. The van der Waals surface area contributed by atoms with E-state index >= 15 is 0 Å². The van der Waals surface area contributed by atoms with Gasteiger partial charge in [-0.15, -0.1) is 0 Å². The van der Waals surface area contributed by atoms with E-state index in [1.54, 1.807) is 20.6 Å². The smallest absolute Gasteiger partial charge is 0.397 e. The maximum atomic E-state index is 14.2. The number of alkyl halides is 3. The van der Waals surface area contributed by atoms with Crippen LogP contribution in [0.15, 0.2) is 51.9 Å². The lowest BCUT2D eigenvalue weighted by atomic mass is 9.95. The quantitative estimate of drug-likeness (QED) is 0.234. The Morgan fingerprint density at radius 3 is 2.33 bits per heavy atom. The number of piperazine rings is 1. The number of para-hydroxylation sites is 1. The third-order valence-corrected chi connectivity index (χ3v) is 13.0. The molecule has 288 valence electrons. The second kappa shape index (κ2) is 14.5. The van der Waals surface area contributed by atoms with Crippen LogP contribution in [0, 0.1) is 0 Å². The summed E-state index contributed by atoms with van der Waals surface area (Å²) >= 11 is 3.17. The molecule has 2 unspecified atom stereocenters. The van der Waals surface area contributed by atoms with Crippen LogP contribution in [0.4, 0.5) is 23.7 Å². The molecular formula is C38H45BrF3N9O3. The summed E-state index contributed by atoms with van der Waals surface area (Å²) in [6.45, 7) is 3.00. The number of carbonyl (C=O) groups excluding carboxylic acids is 2. The van der Waals surface area contributed by atoms with Crippen LogP contribution < -0.4 is 16.7 Å². The standard InChI is InChI=1S/C38H45BrF3N9O3/c1-47-24-6-7-25(47)20-26(19-24)48-12-14-49(15-13-48)35(52)31(18-22-16-28(38(40,41)42)33(43)29(39)17-22)45-36(53)50-10-8-23(9-11-50)51-32-21-44-30-5-3-2-4-27(30)34(32)46-37(51)54/h2-5,16-17,21,23-26,31H,6-15,18-20,43H2,1H3,(H,45,53)(H,46,54)/t24?,25?,26?,31-/m1/s1. The Morgan fingerprint density at radius 1 is 0.963 bits per heavy atom. The molecule has 2 bridgehead atoms. The van der Waals surface area contributed by atoms with E-state index in [9.17, 15) is 27.6 Å². The number of rotatable bonds is 6. The summed E-state index contributed by atoms with van der Waals surface area (Å²) in [5.74, 6) is -0.326. The van der Waals surface area contributed by atoms with Crippen molar-refractivity contribution in [2.24, 2.45) is 0 Å². The lowest BCUT2D eigenvalue weighted by Crippen LogP contribution is -2.59. The minimum Gasteiger partial charge on any atom is -0.397 e. The minimum absolute atomic E-state index is 0.0725. The van der Waals surface area contributed by atoms with Crippen molar-refractivity contribution in [3.63, 3.8) is 0 Å². The Morgan fingerprint density at radius 2 is 1.65 bits per heavy atom. The number of amides is 3. The SMILES string of the molecule is CN1C2CCC1CC(N1CCN(C(=O)[C@@H](Cc3cc(Br)c(N)c(C(F)(F)F)c3)NC(=O)N3CCC(n4c(=O)[nH]c5c6ccccc6ncc54)CC3)CC1)C2. The van der Waals surface area contributed by atoms with Gasteiger partial charge in [-0.1, -0.05) is 18.2 Å². The highest BCUT2D eigenvalue weighted by Gasteiger charge is 2.42. The van der Waals surface area contributed by atoms with Crippen molar-refractivity contribution in [1.82, 2.24) is 39.5 Å². The van der Waals surface area contributed by atoms with Gasteiger partial charge in [0.1, 0.15) is 6.04 Å². The molecular weight excluding hydrogens is 767 g/mol. The van der Waals surface area contributed by atoms with Crippen LogP contribution in [-0.2, 0) is 17.4 Å². The molecule has 16 heteroatoms. The fourth-order valence-corrected chi connectivity index (χ4v) is 9.83. The topological polar surface area (TPSA) is 136 Å². The highest BCUT2D eigenvalue weighted by molar-refractivity contribution is 9.10. The lowest BCUT2D eigenvalue weighted by molar-refractivity contribution is -0.137. The Bertz CT molecular complexity index is 2110. The molecule has 0 radical (unpaired) electrons. The zero-order chi connectivity index (χ0) is 37.9. The van der Waals surface area contributed by atoms with Gasteiger partial charge >= 0.3 is 17.9 Å². The molecule has 0 aliphatic carbocycles. The number of carbonyl (C=O) groups is 2. The van der Waals surface area contributed by atoms with E-state index in [0.717, 1.165) is 35.3 Å². The van der Waals surface area contributed by atoms with Gasteiger partial charge in [-0.3, -0.25) is 19.2 Å². The first-order chi connectivity index (χ1) is 25.9. The maximum absolute atomic E-state index is 14.2. The second-order valence-corrected chi connectivity index (χ2v) is 16.2. The number of aromatic nitrogens is 3. The third-order valence-electron chi connectivity index (χ3n) is 12.3. The Balaban J connectivity index is 0.970. The maximum Gasteiger partial charge on any atom is 0.418 e. The molecule has 2 aromatic carbocycles. The average molecular weight is 813 g/mol. The molecule has 4 saturated heterocycles. The second-order valence-electron chi connectivity index (χ2n) is 15.3. The monoisotopic (exact) mass is 811 g/mol. The van der Waals surface area contributed by atoms with Crippen LogP contribution in [0.5, 0.6) is 0 Å². The van der Waals surface area contributed by atoms with E-state index in [4.69, 9.17) is 5.73 Å². The molecule has 6 heterocycles. The van der Waals surface area contributed by atoms with Gasteiger partial charge < -0.3 is 30.7 Å². The van der Waals surface area contributed by atoms with E-state index in [1.807, 2.05) is 24.3 Å². The highest BCUT2D eigenvalue weighted by Crippen LogP contribution is 2.39. The van der Waals surface area contributed by atoms with Crippen molar-refractivity contribution < 1.29 is 22.8 Å². The number of nitrogen functional groups attached to an aromatic ring is 1. The first kappa shape index (κ1) is 36.8. The predicted molar refractivity (Wildman–Crippen MR) is 203 cm³/mol. The van der Waals surface area contributed by atoms with Gasteiger partial charge in [-0.05, 0) is 85.3 Å². The predicted octanol–water partition coefficient (Wildman–Crippen LogP) is 4.97. The average Bonchev–Trinajstić information content (AvgIpc) is 3.58. The van der Waals surface area contributed by atoms with E-state index in [-0.39, 0.29) is 34.1 Å². The summed E-state index contributed by atoms with van der Waals surface area (Å²) in [5, 5.41) is 3.75. The largest absolute Gasteiger partial charge is 0.418 e. The fourth-order valence-electron chi connectivity index (χ4n) is 9.32. The van der Waals surface area contributed by atoms with E-state index in [0.29, 0.717) is 75.8 Å². The number of nitrogens with one attached hydrogen (secondary N) is 2. The van der Waals surface area contributed by atoms with E-state index in [1.165, 1.54) is 18.9 Å². The number of aromatic amines is 1. The molecule has 8 rings (SSSR count). The van der Waals surface area contributed by atoms with Crippen LogP contribution >= 0.6 is 15.9 Å². The molecule has 4 aliphatic rings. The summed E-state index contributed by atoms with van der Waals surface area (Å²) in [6, 6.07) is 9.94. The highest BCUT2D eigenvalue weighted by atomic mass is 79.9. The number of hydrogen-bond donors (Lipinski definition) is 3.